The lowest BCUT2D eigenvalue weighted by atomic mass is 9.76. The number of amides is 2. The Morgan fingerprint density at radius 1 is 0.709 bits per heavy atom. The van der Waals surface area contributed by atoms with Crippen molar-refractivity contribution >= 4 is 40.1 Å². The number of fused-ring (bicyclic) bond motifs is 4. The molecule has 11 nitrogen and oxygen atoms in total. The van der Waals surface area contributed by atoms with E-state index in [1.807, 2.05) is 48.5 Å². The molecule has 1 aliphatic carbocycles. The molecule has 6 aromatic rings. The summed E-state index contributed by atoms with van der Waals surface area (Å²) in [6, 6.07) is 32.3. The van der Waals surface area contributed by atoms with Crippen LogP contribution in [0.2, 0.25) is 0 Å². The van der Waals surface area contributed by atoms with Gasteiger partial charge < -0.3 is 5.11 Å². The van der Waals surface area contributed by atoms with E-state index in [4.69, 9.17) is 0 Å². The van der Waals surface area contributed by atoms with Gasteiger partial charge in [0.05, 0.1) is 35.7 Å². The van der Waals surface area contributed by atoms with Crippen molar-refractivity contribution in [3.05, 3.63) is 170 Å². The summed E-state index contributed by atoms with van der Waals surface area (Å²) < 4.78 is 3.13. The molecule has 0 bridgehead atoms. The number of ketones is 2. The number of likely N-dealkylation sites (tertiary alicyclic amines) is 1. The van der Waals surface area contributed by atoms with Crippen LogP contribution in [0.4, 0.5) is 0 Å². The molecule has 4 unspecified atom stereocenters. The highest BCUT2D eigenvalue weighted by Crippen LogP contribution is 2.50. The highest BCUT2D eigenvalue weighted by atomic mass is 16.4. The number of aliphatic carboxylic acids is 1. The molecule has 3 aliphatic rings. The summed E-state index contributed by atoms with van der Waals surface area (Å²) in [6.45, 7) is 1.47. The molecule has 2 N–H and O–H groups in total. The van der Waals surface area contributed by atoms with Crippen LogP contribution in [0.25, 0.3) is 16.5 Å². The molecule has 4 atom stereocenters. The van der Waals surface area contributed by atoms with Crippen LogP contribution in [0.5, 0.6) is 0 Å². The molecule has 5 aromatic carbocycles. The number of carbonyl (C=O) groups excluding carboxylic acids is 4. The zero-order chi connectivity index (χ0) is 38.3. The molecule has 2 aliphatic heterocycles. The van der Waals surface area contributed by atoms with Crippen molar-refractivity contribution in [1.82, 2.24) is 19.6 Å². The predicted octanol–water partition coefficient (Wildman–Crippen LogP) is 4.92. The van der Waals surface area contributed by atoms with Gasteiger partial charge in [-0.25, -0.2) is 4.68 Å². The van der Waals surface area contributed by atoms with Gasteiger partial charge >= 0.3 is 5.97 Å². The maximum Gasteiger partial charge on any atom is 0.325 e. The van der Waals surface area contributed by atoms with E-state index in [1.54, 1.807) is 73.3 Å². The molecule has 0 spiro atoms. The normalized spacial score (nSPS) is 21.6. The predicted molar refractivity (Wildman–Crippen MR) is 202 cm³/mol. The van der Waals surface area contributed by atoms with Crippen LogP contribution in [0, 0.1) is 18.8 Å². The third-order valence-electron chi connectivity index (χ3n) is 11.7. The van der Waals surface area contributed by atoms with Gasteiger partial charge in [0.1, 0.15) is 5.54 Å². The Kier molecular flexibility index (Phi) is 7.70. The number of hydrogen-bond acceptors (Lipinski definition) is 7. The molecular formula is C44H34N4O7. The van der Waals surface area contributed by atoms with Gasteiger partial charge in [0, 0.05) is 41.4 Å². The van der Waals surface area contributed by atoms with E-state index in [9.17, 15) is 33.9 Å². The third-order valence-corrected chi connectivity index (χ3v) is 11.7. The lowest BCUT2D eigenvalue weighted by Gasteiger charge is -2.31. The van der Waals surface area contributed by atoms with Crippen molar-refractivity contribution in [3.8, 4) is 5.69 Å². The topological polar surface area (TPSA) is 148 Å². The second-order valence-electron chi connectivity index (χ2n) is 14.6. The van der Waals surface area contributed by atoms with E-state index in [-0.39, 0.29) is 46.8 Å². The monoisotopic (exact) mass is 730 g/mol. The molecule has 0 radical (unpaired) electrons. The SMILES string of the molecule is Cc1c(C2NC(Cc3ccc4ccccc4c3)(C(=O)O)C3C(=O)N(Cc4ccc5c(c4)C(=O)c4ccccc4C5=O)C(=O)C23)c(=O)n(-c2ccccc2)n1C. The first-order valence-corrected chi connectivity index (χ1v) is 18.0. The van der Waals surface area contributed by atoms with Crippen LogP contribution in [-0.2, 0) is 34.4 Å². The zero-order valence-corrected chi connectivity index (χ0v) is 29.9. The van der Waals surface area contributed by atoms with Crippen molar-refractivity contribution in [3.63, 3.8) is 0 Å². The van der Waals surface area contributed by atoms with E-state index in [2.05, 4.69) is 5.32 Å². The number of benzene rings is 5. The molecule has 9 rings (SSSR count). The summed E-state index contributed by atoms with van der Waals surface area (Å²) in [5.41, 5.74) is 0.893. The minimum absolute atomic E-state index is 0.148. The first-order chi connectivity index (χ1) is 26.5. The first kappa shape index (κ1) is 34.1. The van der Waals surface area contributed by atoms with E-state index < -0.39 is 46.8 Å². The summed E-state index contributed by atoms with van der Waals surface area (Å²) in [6.07, 6.45) is -0.148. The van der Waals surface area contributed by atoms with Crippen molar-refractivity contribution in [2.45, 2.75) is 31.5 Å². The first-order valence-electron chi connectivity index (χ1n) is 18.0. The average Bonchev–Trinajstić information content (AvgIpc) is 3.74. The van der Waals surface area contributed by atoms with Crippen LogP contribution < -0.4 is 10.9 Å². The fourth-order valence-electron chi connectivity index (χ4n) is 8.95. The van der Waals surface area contributed by atoms with Gasteiger partial charge in [-0.15, -0.1) is 0 Å². The highest BCUT2D eigenvalue weighted by Gasteiger charge is 2.69. The number of rotatable bonds is 7. The Morgan fingerprint density at radius 3 is 2.04 bits per heavy atom. The van der Waals surface area contributed by atoms with Crippen molar-refractivity contribution in [2.24, 2.45) is 18.9 Å². The summed E-state index contributed by atoms with van der Waals surface area (Å²) in [4.78, 5) is 85.4. The van der Waals surface area contributed by atoms with Crippen LogP contribution >= 0.6 is 0 Å². The smallest absolute Gasteiger partial charge is 0.325 e. The third kappa shape index (κ3) is 5.00. The Balaban J connectivity index is 1.15. The summed E-state index contributed by atoms with van der Waals surface area (Å²) in [5, 5.41) is 16.2. The van der Waals surface area contributed by atoms with Crippen molar-refractivity contribution in [1.29, 1.82) is 0 Å². The molecule has 0 saturated carbocycles. The second-order valence-corrected chi connectivity index (χ2v) is 14.6. The summed E-state index contributed by atoms with van der Waals surface area (Å²) in [7, 11) is 1.72. The number of para-hydroxylation sites is 1. The maximum atomic E-state index is 14.7. The Hall–Kier alpha value is -6.72. The van der Waals surface area contributed by atoms with Crippen LogP contribution in [0.3, 0.4) is 0 Å². The summed E-state index contributed by atoms with van der Waals surface area (Å²) in [5.74, 6) is -5.92. The van der Waals surface area contributed by atoms with E-state index in [0.29, 0.717) is 28.1 Å². The Bertz CT molecular complexity index is 2730. The molecule has 2 saturated heterocycles. The van der Waals surface area contributed by atoms with Gasteiger partial charge in [-0.3, -0.25) is 43.7 Å². The molecule has 2 amide bonds. The molecule has 11 heteroatoms. The highest BCUT2D eigenvalue weighted by molar-refractivity contribution is 6.28. The molecule has 272 valence electrons. The van der Waals surface area contributed by atoms with Gasteiger partial charge in [0.2, 0.25) is 11.8 Å². The van der Waals surface area contributed by atoms with Crippen LogP contribution in [0.1, 0.15) is 60.3 Å². The number of nitrogens with one attached hydrogen (secondary N) is 1. The van der Waals surface area contributed by atoms with Crippen molar-refractivity contribution in [2.75, 3.05) is 0 Å². The van der Waals surface area contributed by atoms with E-state index >= 15 is 0 Å². The number of carboxylic acids is 1. The van der Waals surface area contributed by atoms with Crippen LogP contribution in [-0.4, -0.2) is 54.3 Å². The maximum absolute atomic E-state index is 14.7. The molecule has 3 heterocycles. The van der Waals surface area contributed by atoms with Gasteiger partial charge in [-0.1, -0.05) is 91.0 Å². The number of carbonyl (C=O) groups is 5. The zero-order valence-electron chi connectivity index (χ0n) is 29.9. The van der Waals surface area contributed by atoms with Gasteiger partial charge in [-0.05, 0) is 53.1 Å². The number of aromatic nitrogens is 2. The van der Waals surface area contributed by atoms with Gasteiger partial charge in [-0.2, -0.15) is 0 Å². The lowest BCUT2D eigenvalue weighted by molar-refractivity contribution is -0.151. The van der Waals surface area contributed by atoms with Gasteiger partial charge in [0.25, 0.3) is 5.56 Å². The number of nitrogens with zero attached hydrogens (tertiary/aromatic N) is 3. The lowest BCUT2D eigenvalue weighted by Crippen LogP contribution is -2.57. The second kappa shape index (κ2) is 12.4. The molecular weight excluding hydrogens is 697 g/mol. The standard InChI is InChI=1S/C44H34N4O7/c1-24-34(41(52)48(46(24)2)29-12-4-3-5-13-29)37-35-36(44(45-37,43(54)55)22-25-16-18-27-10-6-7-11-28(27)20-25)42(53)47(40(35)51)23-26-17-19-32-33(21-26)39(50)31-15-9-8-14-30(31)38(32)49/h3-21,35-37,45H,22-23H2,1-2H3,(H,54,55). The number of hydrogen-bond donors (Lipinski definition) is 2. The van der Waals surface area contributed by atoms with Gasteiger partial charge in [0.15, 0.2) is 11.6 Å². The van der Waals surface area contributed by atoms with Crippen LogP contribution in [0.15, 0.2) is 120 Å². The number of carboxylic acid groups (broad SMARTS) is 1. The Labute approximate surface area is 314 Å². The van der Waals surface area contributed by atoms with E-state index in [1.165, 1.54) is 16.8 Å². The minimum Gasteiger partial charge on any atom is -0.480 e. The Morgan fingerprint density at radius 2 is 1.33 bits per heavy atom. The molecule has 1 aromatic heterocycles. The summed E-state index contributed by atoms with van der Waals surface area (Å²) >= 11 is 0. The van der Waals surface area contributed by atoms with Crippen molar-refractivity contribution < 1.29 is 29.1 Å². The molecule has 55 heavy (non-hydrogen) atoms. The molecule has 2 fully saturated rings. The minimum atomic E-state index is -1.98. The van der Waals surface area contributed by atoms with E-state index in [0.717, 1.165) is 15.7 Å². The number of imide groups is 1. The largest absolute Gasteiger partial charge is 0.480 e. The quantitative estimate of drug-likeness (QED) is 0.220. The fraction of sp³-hybridized carbons (Fsp3) is 0.182. The average molecular weight is 731 g/mol. The fourth-order valence-corrected chi connectivity index (χ4v) is 8.95.